The summed E-state index contributed by atoms with van der Waals surface area (Å²) < 4.78 is 0. The summed E-state index contributed by atoms with van der Waals surface area (Å²) in [6.07, 6.45) is 0. The van der Waals surface area contributed by atoms with Crippen molar-refractivity contribution in [2.45, 2.75) is 26.6 Å². The van der Waals surface area contributed by atoms with Gasteiger partial charge in [0.15, 0.2) is 0 Å². The van der Waals surface area contributed by atoms with Gasteiger partial charge in [0, 0.05) is 25.3 Å². The van der Waals surface area contributed by atoms with Gasteiger partial charge in [0.25, 0.3) is 0 Å². The number of anilines is 1. The molecule has 2 aromatic rings. The molecule has 0 bridgehead atoms. The Balaban J connectivity index is 1.85. The molecule has 1 aliphatic rings. The van der Waals surface area contributed by atoms with E-state index < -0.39 is 0 Å². The molecule has 98 valence electrons. The number of nitrogens with one attached hydrogen (secondary N) is 1. The molecule has 0 spiro atoms. The lowest BCUT2D eigenvalue weighted by molar-refractivity contribution is 0.814. The van der Waals surface area contributed by atoms with Gasteiger partial charge in [-0.1, -0.05) is 36.4 Å². The van der Waals surface area contributed by atoms with Gasteiger partial charge >= 0.3 is 0 Å². The van der Waals surface area contributed by atoms with Gasteiger partial charge in [-0.25, -0.2) is 0 Å². The highest BCUT2D eigenvalue weighted by molar-refractivity contribution is 5.57. The van der Waals surface area contributed by atoms with Crippen molar-refractivity contribution in [1.82, 2.24) is 5.32 Å². The van der Waals surface area contributed by atoms with Gasteiger partial charge in [-0.3, -0.25) is 0 Å². The van der Waals surface area contributed by atoms with E-state index in [1.54, 1.807) is 0 Å². The zero-order valence-corrected chi connectivity index (χ0v) is 11.6. The molecule has 0 fully saturated rings. The summed E-state index contributed by atoms with van der Waals surface area (Å²) in [7, 11) is 1.99. The molecule has 1 N–H and O–H groups in total. The van der Waals surface area contributed by atoms with Crippen LogP contribution in [0.3, 0.4) is 0 Å². The average molecular weight is 252 g/mol. The van der Waals surface area contributed by atoms with Gasteiger partial charge in [0.1, 0.15) is 0 Å². The van der Waals surface area contributed by atoms with E-state index in [0.29, 0.717) is 0 Å². The van der Waals surface area contributed by atoms with E-state index in [4.69, 9.17) is 0 Å². The Morgan fingerprint density at radius 1 is 1.05 bits per heavy atom. The van der Waals surface area contributed by atoms with E-state index >= 15 is 0 Å². The molecule has 3 rings (SSSR count). The summed E-state index contributed by atoms with van der Waals surface area (Å²) in [5, 5.41) is 3.20. The van der Waals surface area contributed by atoms with Crippen molar-refractivity contribution in [2.24, 2.45) is 0 Å². The van der Waals surface area contributed by atoms with Crippen LogP contribution < -0.4 is 10.2 Å². The Hall–Kier alpha value is -1.80. The number of nitrogens with zero attached hydrogens (tertiary/aromatic N) is 1. The predicted molar refractivity (Wildman–Crippen MR) is 80.3 cm³/mol. The topological polar surface area (TPSA) is 15.3 Å². The van der Waals surface area contributed by atoms with Crippen LogP contribution in [0.2, 0.25) is 0 Å². The summed E-state index contributed by atoms with van der Waals surface area (Å²) in [6, 6.07) is 15.5. The minimum Gasteiger partial charge on any atom is -0.363 e. The summed E-state index contributed by atoms with van der Waals surface area (Å²) in [5.41, 5.74) is 6.99. The molecule has 1 aliphatic heterocycles. The van der Waals surface area contributed by atoms with Crippen molar-refractivity contribution in [3.05, 3.63) is 64.7 Å². The highest BCUT2D eigenvalue weighted by atomic mass is 15.1. The fourth-order valence-electron chi connectivity index (χ4n) is 2.89. The van der Waals surface area contributed by atoms with Crippen LogP contribution in [0.4, 0.5) is 5.69 Å². The second-order valence-corrected chi connectivity index (χ2v) is 5.28. The molecule has 0 aliphatic carbocycles. The van der Waals surface area contributed by atoms with E-state index in [0.717, 1.165) is 19.6 Å². The summed E-state index contributed by atoms with van der Waals surface area (Å²) in [5.74, 6) is 0. The van der Waals surface area contributed by atoms with Crippen molar-refractivity contribution < 1.29 is 0 Å². The Morgan fingerprint density at radius 3 is 2.32 bits per heavy atom. The minimum absolute atomic E-state index is 0.932. The van der Waals surface area contributed by atoms with Crippen LogP contribution in [0.25, 0.3) is 0 Å². The fourth-order valence-corrected chi connectivity index (χ4v) is 2.89. The standard InChI is InChI=1S/C17H20N2/c1-13-9-14(10-18-2)7-8-17(13)19-11-15-5-3-4-6-16(15)12-19/h3-9,18H,10-12H2,1-2H3. The zero-order chi connectivity index (χ0) is 13.2. The molecule has 2 nitrogen and oxygen atoms in total. The molecule has 0 aromatic heterocycles. The second-order valence-electron chi connectivity index (χ2n) is 5.28. The Morgan fingerprint density at radius 2 is 1.74 bits per heavy atom. The van der Waals surface area contributed by atoms with E-state index in [-0.39, 0.29) is 0 Å². The van der Waals surface area contributed by atoms with Crippen LogP contribution in [0.5, 0.6) is 0 Å². The molecular formula is C17H20N2. The molecule has 0 unspecified atom stereocenters. The first-order valence-electron chi connectivity index (χ1n) is 6.84. The molecule has 0 radical (unpaired) electrons. The first kappa shape index (κ1) is 12.2. The van der Waals surface area contributed by atoms with Crippen molar-refractivity contribution in [2.75, 3.05) is 11.9 Å². The van der Waals surface area contributed by atoms with Crippen molar-refractivity contribution in [3.8, 4) is 0 Å². The zero-order valence-electron chi connectivity index (χ0n) is 11.6. The first-order chi connectivity index (χ1) is 9.28. The SMILES string of the molecule is CNCc1ccc(N2Cc3ccccc3C2)c(C)c1. The summed E-state index contributed by atoms with van der Waals surface area (Å²) in [4.78, 5) is 2.46. The van der Waals surface area contributed by atoms with Gasteiger partial charge in [-0.2, -0.15) is 0 Å². The third-order valence-electron chi connectivity index (χ3n) is 3.82. The first-order valence-corrected chi connectivity index (χ1v) is 6.84. The van der Waals surface area contributed by atoms with Crippen LogP contribution >= 0.6 is 0 Å². The molecule has 0 amide bonds. The number of rotatable bonds is 3. The molecule has 0 saturated carbocycles. The van der Waals surface area contributed by atoms with Crippen molar-refractivity contribution in [1.29, 1.82) is 0 Å². The maximum absolute atomic E-state index is 3.20. The fraction of sp³-hybridized carbons (Fsp3) is 0.294. The largest absolute Gasteiger partial charge is 0.363 e. The van der Waals surface area contributed by atoms with Gasteiger partial charge in [0.2, 0.25) is 0 Å². The molecule has 2 heteroatoms. The highest BCUT2D eigenvalue weighted by Gasteiger charge is 2.19. The highest BCUT2D eigenvalue weighted by Crippen LogP contribution is 2.30. The third kappa shape index (κ3) is 2.36. The number of hydrogen-bond donors (Lipinski definition) is 1. The predicted octanol–water partition coefficient (Wildman–Crippen LogP) is 3.23. The van der Waals surface area contributed by atoms with Gasteiger partial charge < -0.3 is 10.2 Å². The Labute approximate surface area is 115 Å². The molecule has 0 saturated heterocycles. The normalized spacial score (nSPS) is 13.7. The molecule has 2 aromatic carbocycles. The number of hydrogen-bond acceptors (Lipinski definition) is 2. The molecule has 0 atom stereocenters. The Kier molecular flexibility index (Phi) is 3.26. The van der Waals surface area contributed by atoms with Crippen LogP contribution in [-0.2, 0) is 19.6 Å². The smallest absolute Gasteiger partial charge is 0.0436 e. The summed E-state index contributed by atoms with van der Waals surface area (Å²) >= 11 is 0. The summed E-state index contributed by atoms with van der Waals surface area (Å²) in [6.45, 7) is 5.20. The maximum Gasteiger partial charge on any atom is 0.0436 e. The molecular weight excluding hydrogens is 232 g/mol. The lowest BCUT2D eigenvalue weighted by Crippen LogP contribution is -2.16. The van der Waals surface area contributed by atoms with Crippen LogP contribution in [0.1, 0.15) is 22.3 Å². The maximum atomic E-state index is 3.20. The monoisotopic (exact) mass is 252 g/mol. The van der Waals surface area contributed by atoms with E-state index in [2.05, 4.69) is 59.6 Å². The minimum atomic E-state index is 0.932. The molecule has 19 heavy (non-hydrogen) atoms. The van der Waals surface area contributed by atoms with Crippen LogP contribution in [-0.4, -0.2) is 7.05 Å². The van der Waals surface area contributed by atoms with E-state index in [1.165, 1.54) is 27.9 Å². The lowest BCUT2D eigenvalue weighted by atomic mass is 10.1. The molecule has 1 heterocycles. The number of fused-ring (bicyclic) bond motifs is 1. The van der Waals surface area contributed by atoms with E-state index in [9.17, 15) is 0 Å². The lowest BCUT2D eigenvalue weighted by Gasteiger charge is -2.21. The number of aryl methyl sites for hydroxylation is 1. The second kappa shape index (κ2) is 5.06. The third-order valence-corrected chi connectivity index (χ3v) is 3.82. The van der Waals surface area contributed by atoms with Gasteiger partial charge in [-0.15, -0.1) is 0 Å². The Bertz CT molecular complexity index is 565. The quantitative estimate of drug-likeness (QED) is 0.902. The van der Waals surface area contributed by atoms with E-state index in [1.807, 2.05) is 7.05 Å². The van der Waals surface area contributed by atoms with Crippen molar-refractivity contribution >= 4 is 5.69 Å². The van der Waals surface area contributed by atoms with Crippen LogP contribution in [0, 0.1) is 6.92 Å². The van der Waals surface area contributed by atoms with Gasteiger partial charge in [0.05, 0.1) is 0 Å². The van der Waals surface area contributed by atoms with Crippen molar-refractivity contribution in [3.63, 3.8) is 0 Å². The number of benzene rings is 2. The van der Waals surface area contributed by atoms with Gasteiger partial charge in [-0.05, 0) is 42.3 Å². The average Bonchev–Trinajstić information content (AvgIpc) is 2.82. The van der Waals surface area contributed by atoms with Crippen LogP contribution in [0.15, 0.2) is 42.5 Å².